The average Bonchev–Trinajstić information content (AvgIpc) is 2.35. The lowest BCUT2D eigenvalue weighted by molar-refractivity contribution is 0.559. The molecule has 0 saturated heterocycles. The number of rotatable bonds is 7. The molecule has 0 unspecified atom stereocenters. The van der Waals surface area contributed by atoms with Gasteiger partial charge in [0, 0.05) is 24.2 Å². The van der Waals surface area contributed by atoms with Gasteiger partial charge < -0.3 is 5.32 Å². The van der Waals surface area contributed by atoms with Crippen molar-refractivity contribution in [2.45, 2.75) is 26.3 Å². The third-order valence-corrected chi connectivity index (χ3v) is 4.50. The quantitative estimate of drug-likeness (QED) is 0.752. The minimum absolute atomic E-state index is 0.202. The summed E-state index contributed by atoms with van der Waals surface area (Å²) in [5.74, 6) is 0.488. The third kappa shape index (κ3) is 5.28. The summed E-state index contributed by atoms with van der Waals surface area (Å²) in [6.45, 7) is 4.43. The summed E-state index contributed by atoms with van der Waals surface area (Å²) in [6, 6.07) is 4.11. The maximum Gasteiger partial charge on any atom is 0.150 e. The van der Waals surface area contributed by atoms with Crippen LogP contribution in [0.1, 0.15) is 31.9 Å². The molecular formula is C12H20N2O2S. The summed E-state index contributed by atoms with van der Waals surface area (Å²) in [4.78, 5) is 4.05. The lowest BCUT2D eigenvalue weighted by Crippen LogP contribution is -2.22. The molecule has 0 saturated carbocycles. The molecule has 1 heterocycles. The number of pyridine rings is 1. The molecule has 5 heteroatoms. The number of hydrogen-bond acceptors (Lipinski definition) is 4. The van der Waals surface area contributed by atoms with Gasteiger partial charge in [0.1, 0.15) is 9.84 Å². The standard InChI is InChI=1S/C12H20N2O2S/c1-3-17(15,16)9-5-8-14-11(2)12-6-4-7-13-10-12/h4,6-7,10-11,14H,3,5,8-9H2,1-2H3/t11-/m1/s1. The molecule has 0 amide bonds. The van der Waals surface area contributed by atoms with Crippen molar-refractivity contribution in [1.82, 2.24) is 10.3 Å². The molecule has 96 valence electrons. The van der Waals surface area contributed by atoms with Gasteiger partial charge in [0.15, 0.2) is 0 Å². The Morgan fingerprint density at radius 1 is 1.47 bits per heavy atom. The Morgan fingerprint density at radius 3 is 2.82 bits per heavy atom. The van der Waals surface area contributed by atoms with E-state index in [1.54, 1.807) is 13.1 Å². The second-order valence-corrected chi connectivity index (χ2v) is 6.52. The first-order valence-corrected chi connectivity index (χ1v) is 7.71. The lowest BCUT2D eigenvalue weighted by atomic mass is 10.1. The van der Waals surface area contributed by atoms with Gasteiger partial charge in [-0.3, -0.25) is 4.98 Å². The van der Waals surface area contributed by atoms with Gasteiger partial charge in [-0.15, -0.1) is 0 Å². The Balaban J connectivity index is 2.28. The van der Waals surface area contributed by atoms with E-state index in [2.05, 4.69) is 10.3 Å². The monoisotopic (exact) mass is 256 g/mol. The second-order valence-electron chi connectivity index (χ2n) is 4.05. The summed E-state index contributed by atoms with van der Waals surface area (Å²) in [7, 11) is -2.83. The van der Waals surface area contributed by atoms with Crippen LogP contribution in [0.4, 0.5) is 0 Å². The molecule has 1 N–H and O–H groups in total. The van der Waals surface area contributed by atoms with Gasteiger partial charge in [-0.05, 0) is 31.5 Å². The topological polar surface area (TPSA) is 59.1 Å². The smallest absolute Gasteiger partial charge is 0.150 e. The van der Waals surface area contributed by atoms with Crippen molar-refractivity contribution in [3.05, 3.63) is 30.1 Å². The van der Waals surface area contributed by atoms with Crippen LogP contribution in [0, 0.1) is 0 Å². The van der Waals surface area contributed by atoms with Gasteiger partial charge in [0.2, 0.25) is 0 Å². The van der Waals surface area contributed by atoms with Crippen LogP contribution >= 0.6 is 0 Å². The van der Waals surface area contributed by atoms with Crippen LogP contribution in [-0.4, -0.2) is 31.5 Å². The van der Waals surface area contributed by atoms with Crippen LogP contribution in [0.5, 0.6) is 0 Å². The normalized spacial score (nSPS) is 13.5. The number of sulfone groups is 1. The van der Waals surface area contributed by atoms with E-state index < -0.39 is 9.84 Å². The van der Waals surface area contributed by atoms with E-state index >= 15 is 0 Å². The molecule has 1 aromatic heterocycles. The first-order valence-electron chi connectivity index (χ1n) is 5.89. The Morgan fingerprint density at radius 2 is 2.24 bits per heavy atom. The summed E-state index contributed by atoms with van der Waals surface area (Å²) in [5, 5.41) is 3.29. The summed E-state index contributed by atoms with van der Waals surface area (Å²) in [6.07, 6.45) is 4.21. The number of nitrogens with one attached hydrogen (secondary N) is 1. The van der Waals surface area contributed by atoms with Crippen molar-refractivity contribution in [2.75, 3.05) is 18.1 Å². The molecule has 0 aliphatic rings. The van der Waals surface area contributed by atoms with Gasteiger partial charge in [0.05, 0.1) is 5.75 Å². The lowest BCUT2D eigenvalue weighted by Gasteiger charge is -2.13. The molecule has 0 aromatic carbocycles. The van der Waals surface area contributed by atoms with Crippen molar-refractivity contribution in [3.8, 4) is 0 Å². The van der Waals surface area contributed by atoms with Crippen LogP contribution in [0.15, 0.2) is 24.5 Å². The van der Waals surface area contributed by atoms with Crippen LogP contribution in [0.2, 0.25) is 0 Å². The van der Waals surface area contributed by atoms with Gasteiger partial charge in [0.25, 0.3) is 0 Å². The average molecular weight is 256 g/mol. The van der Waals surface area contributed by atoms with Gasteiger partial charge in [-0.25, -0.2) is 8.42 Å². The van der Waals surface area contributed by atoms with E-state index in [1.807, 2.05) is 25.3 Å². The van der Waals surface area contributed by atoms with E-state index in [-0.39, 0.29) is 17.5 Å². The molecule has 0 aliphatic carbocycles. The predicted octanol–water partition coefficient (Wildman–Crippen LogP) is 1.56. The van der Waals surface area contributed by atoms with E-state index in [1.165, 1.54) is 0 Å². The first kappa shape index (κ1) is 14.1. The summed E-state index contributed by atoms with van der Waals surface area (Å²) < 4.78 is 22.6. The SMILES string of the molecule is CCS(=O)(=O)CCCN[C@H](C)c1cccnc1. The van der Waals surface area contributed by atoms with Crippen LogP contribution in [0.3, 0.4) is 0 Å². The van der Waals surface area contributed by atoms with Crippen LogP contribution in [-0.2, 0) is 9.84 Å². The Labute approximate surface area is 103 Å². The first-order chi connectivity index (χ1) is 8.05. The summed E-state index contributed by atoms with van der Waals surface area (Å²) in [5.41, 5.74) is 1.12. The van der Waals surface area contributed by atoms with Crippen molar-refractivity contribution in [1.29, 1.82) is 0 Å². The van der Waals surface area contributed by atoms with Crippen LogP contribution < -0.4 is 5.32 Å². The van der Waals surface area contributed by atoms with Crippen molar-refractivity contribution in [3.63, 3.8) is 0 Å². The Bertz CT molecular complexity index is 417. The highest BCUT2D eigenvalue weighted by molar-refractivity contribution is 7.91. The minimum Gasteiger partial charge on any atom is -0.310 e. The molecule has 0 bridgehead atoms. The van der Waals surface area contributed by atoms with Crippen LogP contribution in [0.25, 0.3) is 0 Å². The second kappa shape index (κ2) is 6.71. The van der Waals surface area contributed by atoms with E-state index in [4.69, 9.17) is 0 Å². The fourth-order valence-electron chi connectivity index (χ4n) is 1.50. The zero-order chi connectivity index (χ0) is 12.7. The Kier molecular flexibility index (Phi) is 5.58. The summed E-state index contributed by atoms with van der Waals surface area (Å²) >= 11 is 0. The van der Waals surface area contributed by atoms with E-state index in [9.17, 15) is 8.42 Å². The molecule has 1 atom stereocenters. The molecular weight excluding hydrogens is 236 g/mol. The molecule has 0 aliphatic heterocycles. The zero-order valence-corrected chi connectivity index (χ0v) is 11.2. The van der Waals surface area contributed by atoms with Gasteiger partial charge >= 0.3 is 0 Å². The number of hydrogen-bond donors (Lipinski definition) is 1. The van der Waals surface area contributed by atoms with Gasteiger partial charge in [-0.2, -0.15) is 0 Å². The maximum absolute atomic E-state index is 11.3. The fraction of sp³-hybridized carbons (Fsp3) is 0.583. The highest BCUT2D eigenvalue weighted by atomic mass is 32.2. The molecule has 4 nitrogen and oxygen atoms in total. The highest BCUT2D eigenvalue weighted by Gasteiger charge is 2.08. The third-order valence-electron chi connectivity index (χ3n) is 2.71. The number of aromatic nitrogens is 1. The van der Waals surface area contributed by atoms with E-state index in [0.29, 0.717) is 13.0 Å². The molecule has 0 spiro atoms. The number of nitrogens with zero attached hydrogens (tertiary/aromatic N) is 1. The molecule has 1 rings (SSSR count). The highest BCUT2D eigenvalue weighted by Crippen LogP contribution is 2.09. The molecule has 0 radical (unpaired) electrons. The minimum atomic E-state index is -2.83. The molecule has 1 aromatic rings. The van der Waals surface area contributed by atoms with Gasteiger partial charge in [-0.1, -0.05) is 13.0 Å². The zero-order valence-electron chi connectivity index (χ0n) is 10.4. The Hall–Kier alpha value is -0.940. The van der Waals surface area contributed by atoms with E-state index in [0.717, 1.165) is 5.56 Å². The van der Waals surface area contributed by atoms with Crippen molar-refractivity contribution < 1.29 is 8.42 Å². The van der Waals surface area contributed by atoms with Crippen molar-refractivity contribution in [2.24, 2.45) is 0 Å². The fourth-order valence-corrected chi connectivity index (χ4v) is 2.38. The maximum atomic E-state index is 11.3. The van der Waals surface area contributed by atoms with Crippen molar-refractivity contribution >= 4 is 9.84 Å². The molecule has 0 fully saturated rings. The predicted molar refractivity (Wildman–Crippen MR) is 69.6 cm³/mol. The largest absolute Gasteiger partial charge is 0.310 e. The molecule has 17 heavy (non-hydrogen) atoms.